The van der Waals surface area contributed by atoms with E-state index in [9.17, 15) is 5.11 Å². The number of hydrogen-bond donors (Lipinski definition) is 2. The highest BCUT2D eigenvalue weighted by Gasteiger charge is 2.20. The fourth-order valence-corrected chi connectivity index (χ4v) is 4.01. The lowest BCUT2D eigenvalue weighted by Crippen LogP contribution is -3.00. The number of benzene rings is 3. The minimum Gasteiger partial charge on any atom is -1.00 e. The van der Waals surface area contributed by atoms with Crippen molar-refractivity contribution in [2.24, 2.45) is 0 Å². The molecule has 0 aliphatic rings. The summed E-state index contributed by atoms with van der Waals surface area (Å²) in [5, 5.41) is 13.1. The molecule has 0 fully saturated rings. The third-order valence-electron chi connectivity index (χ3n) is 5.95. The van der Waals surface area contributed by atoms with E-state index in [2.05, 4.69) is 30.4 Å². The quantitative estimate of drug-likeness (QED) is 0.379. The molecule has 0 amide bonds. The van der Waals surface area contributed by atoms with Crippen LogP contribution in [0.1, 0.15) is 41.7 Å². The molecule has 0 saturated heterocycles. The van der Waals surface area contributed by atoms with Crippen LogP contribution < -0.4 is 31.9 Å². The molecule has 34 heavy (non-hydrogen) atoms. The van der Waals surface area contributed by atoms with Crippen molar-refractivity contribution in [1.29, 1.82) is 0 Å². The molecule has 0 bridgehead atoms. The number of aliphatic hydroxyl groups is 1. The van der Waals surface area contributed by atoms with Gasteiger partial charge in [0.25, 0.3) is 0 Å². The summed E-state index contributed by atoms with van der Waals surface area (Å²) < 4.78 is 16.9. The molecule has 3 aromatic carbocycles. The van der Waals surface area contributed by atoms with Crippen LogP contribution in [-0.2, 0) is 13.0 Å². The highest BCUT2D eigenvalue weighted by atomic mass is 35.5. The number of nitrogens with two attached hydrogens (primary N) is 1. The first-order chi connectivity index (χ1) is 16.0. The second-order valence-electron chi connectivity index (χ2n) is 8.38. The van der Waals surface area contributed by atoms with Crippen molar-refractivity contribution in [2.45, 2.75) is 45.4 Å². The van der Waals surface area contributed by atoms with Crippen molar-refractivity contribution in [3.63, 3.8) is 0 Å². The highest BCUT2D eigenvalue weighted by molar-refractivity contribution is 5.46. The minimum atomic E-state index is -0.543. The van der Waals surface area contributed by atoms with Crippen LogP contribution in [0, 0.1) is 6.92 Å². The van der Waals surface area contributed by atoms with E-state index in [0.29, 0.717) is 6.61 Å². The normalized spacial score (nSPS) is 12.4. The third-order valence-corrected chi connectivity index (χ3v) is 5.95. The van der Waals surface area contributed by atoms with E-state index >= 15 is 0 Å². The van der Waals surface area contributed by atoms with Crippen LogP contribution in [0.3, 0.4) is 0 Å². The molecule has 0 aromatic heterocycles. The SMILES string of the molecule is COc1cccc(CCC[NH2+]C(C)C(O)c2ccc(OCc3ccccc3)c(C)c2)c1OC.[Cl-]. The summed E-state index contributed by atoms with van der Waals surface area (Å²) in [5.74, 6) is 2.41. The van der Waals surface area contributed by atoms with Gasteiger partial charge >= 0.3 is 0 Å². The zero-order valence-electron chi connectivity index (χ0n) is 20.5. The molecule has 3 rings (SSSR count). The van der Waals surface area contributed by atoms with Crippen LogP contribution in [0.2, 0.25) is 0 Å². The van der Waals surface area contributed by atoms with Crippen LogP contribution in [0.25, 0.3) is 0 Å². The molecular formula is C28H36ClNO4. The van der Waals surface area contributed by atoms with E-state index in [1.807, 2.05) is 55.5 Å². The first-order valence-electron chi connectivity index (χ1n) is 11.5. The predicted octanol–water partition coefficient (Wildman–Crippen LogP) is 1.21. The molecule has 5 nitrogen and oxygen atoms in total. The van der Waals surface area contributed by atoms with Crippen molar-refractivity contribution < 1.29 is 37.0 Å². The molecule has 2 atom stereocenters. The number of methoxy groups -OCH3 is 2. The molecule has 0 radical (unpaired) electrons. The molecule has 6 heteroatoms. The number of aryl methyl sites for hydroxylation is 2. The summed E-state index contributed by atoms with van der Waals surface area (Å²) in [7, 11) is 3.33. The average Bonchev–Trinajstić information content (AvgIpc) is 2.85. The molecule has 3 N–H and O–H groups in total. The van der Waals surface area contributed by atoms with Crippen LogP contribution in [0.4, 0.5) is 0 Å². The maximum Gasteiger partial charge on any atom is 0.163 e. The van der Waals surface area contributed by atoms with Crippen molar-refractivity contribution in [1.82, 2.24) is 0 Å². The number of hydrogen-bond acceptors (Lipinski definition) is 4. The fourth-order valence-electron chi connectivity index (χ4n) is 4.01. The Kier molecular flexibility index (Phi) is 11.2. The van der Waals surface area contributed by atoms with Gasteiger partial charge in [-0.3, -0.25) is 0 Å². The Labute approximate surface area is 209 Å². The second kappa shape index (κ2) is 13.9. The Morgan fingerprint density at radius 3 is 2.35 bits per heavy atom. The van der Waals surface area contributed by atoms with E-state index in [1.54, 1.807) is 14.2 Å². The van der Waals surface area contributed by atoms with Gasteiger partial charge in [-0.1, -0.05) is 48.5 Å². The van der Waals surface area contributed by atoms with Gasteiger partial charge in [0, 0.05) is 6.42 Å². The van der Waals surface area contributed by atoms with Crippen LogP contribution in [0.5, 0.6) is 17.2 Å². The van der Waals surface area contributed by atoms with Gasteiger partial charge < -0.3 is 37.0 Å². The van der Waals surface area contributed by atoms with Crippen LogP contribution >= 0.6 is 0 Å². The van der Waals surface area contributed by atoms with Gasteiger partial charge in [0.05, 0.1) is 20.8 Å². The topological polar surface area (TPSA) is 64.5 Å². The Morgan fingerprint density at radius 2 is 1.68 bits per heavy atom. The second-order valence-corrected chi connectivity index (χ2v) is 8.38. The minimum absolute atomic E-state index is 0. The summed E-state index contributed by atoms with van der Waals surface area (Å²) in [6.45, 7) is 5.53. The molecular weight excluding hydrogens is 450 g/mol. The monoisotopic (exact) mass is 485 g/mol. The molecule has 0 heterocycles. The van der Waals surface area contributed by atoms with Gasteiger partial charge in [-0.05, 0) is 60.7 Å². The van der Waals surface area contributed by atoms with Gasteiger partial charge in [-0.25, -0.2) is 0 Å². The Morgan fingerprint density at radius 1 is 0.912 bits per heavy atom. The van der Waals surface area contributed by atoms with Crippen molar-refractivity contribution in [3.05, 3.63) is 89.0 Å². The van der Waals surface area contributed by atoms with Crippen LogP contribution in [-0.4, -0.2) is 31.9 Å². The Hall–Kier alpha value is -2.73. The van der Waals surface area contributed by atoms with Gasteiger partial charge in [-0.15, -0.1) is 0 Å². The lowest BCUT2D eigenvalue weighted by Gasteiger charge is -2.19. The highest BCUT2D eigenvalue weighted by Crippen LogP contribution is 2.31. The smallest absolute Gasteiger partial charge is 0.163 e. The largest absolute Gasteiger partial charge is 1.00 e. The van der Waals surface area contributed by atoms with Gasteiger partial charge in [-0.2, -0.15) is 0 Å². The summed E-state index contributed by atoms with van der Waals surface area (Å²) in [4.78, 5) is 0. The lowest BCUT2D eigenvalue weighted by atomic mass is 10.0. The number of quaternary nitrogens is 1. The Balaban J connectivity index is 0.00000408. The molecule has 0 saturated carbocycles. The third kappa shape index (κ3) is 7.39. The van der Waals surface area contributed by atoms with Crippen molar-refractivity contribution in [3.8, 4) is 17.2 Å². The van der Waals surface area contributed by atoms with E-state index in [1.165, 1.54) is 0 Å². The first-order valence-corrected chi connectivity index (χ1v) is 11.5. The first kappa shape index (κ1) is 27.5. The molecule has 2 unspecified atom stereocenters. The maximum atomic E-state index is 10.9. The number of ether oxygens (including phenoxy) is 3. The van der Waals surface area contributed by atoms with E-state index in [-0.39, 0.29) is 18.4 Å². The van der Waals surface area contributed by atoms with Gasteiger partial charge in [0.2, 0.25) is 0 Å². The molecule has 184 valence electrons. The van der Waals surface area contributed by atoms with Crippen molar-refractivity contribution >= 4 is 0 Å². The summed E-state index contributed by atoms with van der Waals surface area (Å²) in [6, 6.07) is 22.1. The molecule has 3 aromatic rings. The molecule has 0 aliphatic heterocycles. The number of aliphatic hydroxyl groups excluding tert-OH is 1. The zero-order valence-corrected chi connectivity index (χ0v) is 21.2. The van der Waals surface area contributed by atoms with Crippen molar-refractivity contribution in [2.75, 3.05) is 20.8 Å². The Bertz CT molecular complexity index is 1010. The van der Waals surface area contributed by atoms with E-state index in [0.717, 1.165) is 58.9 Å². The number of halogens is 1. The van der Waals surface area contributed by atoms with E-state index in [4.69, 9.17) is 14.2 Å². The molecule has 0 aliphatic carbocycles. The average molecular weight is 486 g/mol. The summed E-state index contributed by atoms with van der Waals surface area (Å²) in [5.41, 5.74) is 4.22. The summed E-state index contributed by atoms with van der Waals surface area (Å²) in [6.07, 6.45) is 1.33. The predicted molar refractivity (Wildman–Crippen MR) is 131 cm³/mol. The zero-order chi connectivity index (χ0) is 23.6. The van der Waals surface area contributed by atoms with E-state index < -0.39 is 6.10 Å². The fraction of sp³-hybridized carbons (Fsp3) is 0.357. The summed E-state index contributed by atoms with van der Waals surface area (Å²) >= 11 is 0. The lowest BCUT2D eigenvalue weighted by molar-refractivity contribution is -0.694. The standard InChI is InChI=1S/C28H35NO4.ClH/c1-20-18-24(15-16-25(20)33-19-22-10-6-5-7-11-22)27(30)21(2)29-17-9-13-23-12-8-14-26(31-3)28(23)32-4;/h5-8,10-12,14-16,18,21,27,29-30H,9,13,17,19H2,1-4H3;1H. The van der Waals surface area contributed by atoms with Crippen LogP contribution in [0.15, 0.2) is 66.7 Å². The van der Waals surface area contributed by atoms with Gasteiger partial charge in [0.15, 0.2) is 11.5 Å². The van der Waals surface area contributed by atoms with Gasteiger partial charge in [0.1, 0.15) is 24.5 Å². The molecule has 0 spiro atoms. The maximum absolute atomic E-state index is 10.9. The number of para-hydroxylation sites is 1. The number of rotatable bonds is 12.